The number of hydrogen-bond donors (Lipinski definition) is 2. The molecule has 1 aromatic carbocycles. The van der Waals surface area contributed by atoms with Gasteiger partial charge in [-0.25, -0.2) is 4.98 Å². The second-order valence-corrected chi connectivity index (χ2v) is 5.98. The van der Waals surface area contributed by atoms with Crippen LogP contribution in [0.3, 0.4) is 0 Å². The van der Waals surface area contributed by atoms with Crippen molar-refractivity contribution >= 4 is 0 Å². The molecule has 0 aliphatic carbocycles. The predicted octanol–water partition coefficient (Wildman–Crippen LogP) is 2.76. The first-order chi connectivity index (χ1) is 12.7. The summed E-state index contributed by atoms with van der Waals surface area (Å²) in [6.45, 7) is 2.33. The van der Waals surface area contributed by atoms with Gasteiger partial charge >= 0.3 is 0 Å². The van der Waals surface area contributed by atoms with E-state index in [1.54, 1.807) is 19.3 Å². The Labute approximate surface area is 152 Å². The van der Waals surface area contributed by atoms with E-state index in [0.717, 1.165) is 16.8 Å². The molecular formula is C20H21N3O3. The van der Waals surface area contributed by atoms with Crippen LogP contribution in [0.2, 0.25) is 0 Å². The highest BCUT2D eigenvalue weighted by atomic mass is 16.5. The molecule has 2 N–H and O–H groups in total. The number of nitrogens with zero attached hydrogens (tertiary/aromatic N) is 3. The van der Waals surface area contributed by atoms with Crippen molar-refractivity contribution in [2.24, 2.45) is 0 Å². The Kier molecular flexibility index (Phi) is 5.84. The van der Waals surface area contributed by atoms with Crippen LogP contribution >= 0.6 is 0 Å². The number of unbranched alkanes of at least 4 members (excludes halogenated alkanes) is 1. The summed E-state index contributed by atoms with van der Waals surface area (Å²) >= 11 is 0. The summed E-state index contributed by atoms with van der Waals surface area (Å²) in [5.74, 6) is 7.37. The Morgan fingerprint density at radius 1 is 1.27 bits per heavy atom. The standard InChI is InChI=1S/C20H21N3O3/c1-15(25)20-21-10-11-23(20)14-18-13-19(26-22-18)17-8-6-16(7-9-17)5-3-2-4-12-24/h6-11,13,15,24-25H,2,4,12,14H2,1H3/t15-/m0/s1. The molecule has 1 atom stereocenters. The number of hydrogen-bond acceptors (Lipinski definition) is 5. The normalized spacial score (nSPS) is 11.8. The zero-order valence-electron chi connectivity index (χ0n) is 14.6. The molecule has 2 heterocycles. The fourth-order valence-electron chi connectivity index (χ4n) is 2.57. The molecular weight excluding hydrogens is 330 g/mol. The Morgan fingerprint density at radius 2 is 2.08 bits per heavy atom. The zero-order valence-corrected chi connectivity index (χ0v) is 14.6. The number of benzene rings is 1. The van der Waals surface area contributed by atoms with Crippen LogP contribution in [0.4, 0.5) is 0 Å². The largest absolute Gasteiger partial charge is 0.396 e. The van der Waals surface area contributed by atoms with Crippen LogP contribution in [-0.2, 0) is 6.54 Å². The van der Waals surface area contributed by atoms with Crippen LogP contribution in [0.25, 0.3) is 11.3 Å². The van der Waals surface area contributed by atoms with E-state index in [0.29, 0.717) is 31.0 Å². The van der Waals surface area contributed by atoms with Crippen molar-refractivity contribution in [1.29, 1.82) is 0 Å². The molecule has 6 nitrogen and oxygen atoms in total. The summed E-state index contributed by atoms with van der Waals surface area (Å²) in [5, 5.41) is 22.6. The molecule has 0 aliphatic heterocycles. The topological polar surface area (TPSA) is 84.3 Å². The van der Waals surface area contributed by atoms with Crippen LogP contribution in [0.5, 0.6) is 0 Å². The van der Waals surface area contributed by atoms with Crippen molar-refractivity contribution in [3.8, 4) is 23.2 Å². The minimum atomic E-state index is -0.637. The first-order valence-corrected chi connectivity index (χ1v) is 8.52. The second kappa shape index (κ2) is 8.48. The number of aromatic nitrogens is 3. The summed E-state index contributed by atoms with van der Waals surface area (Å²) in [5.41, 5.74) is 2.60. The average molecular weight is 351 g/mol. The number of rotatable bonds is 6. The minimum absolute atomic E-state index is 0.166. The van der Waals surface area contributed by atoms with Gasteiger partial charge in [0.1, 0.15) is 17.6 Å². The van der Waals surface area contributed by atoms with E-state index in [2.05, 4.69) is 22.0 Å². The average Bonchev–Trinajstić information content (AvgIpc) is 3.29. The van der Waals surface area contributed by atoms with Crippen LogP contribution < -0.4 is 0 Å². The molecule has 0 radical (unpaired) electrons. The monoisotopic (exact) mass is 351 g/mol. The molecule has 134 valence electrons. The van der Waals surface area contributed by atoms with Gasteiger partial charge in [0.05, 0.1) is 6.54 Å². The van der Waals surface area contributed by atoms with Gasteiger partial charge in [-0.3, -0.25) is 0 Å². The Morgan fingerprint density at radius 3 is 2.81 bits per heavy atom. The highest BCUT2D eigenvalue weighted by molar-refractivity contribution is 5.59. The molecule has 3 aromatic rings. The maximum Gasteiger partial charge on any atom is 0.167 e. The molecule has 0 saturated carbocycles. The molecule has 0 fully saturated rings. The minimum Gasteiger partial charge on any atom is -0.396 e. The lowest BCUT2D eigenvalue weighted by Crippen LogP contribution is -2.07. The zero-order chi connectivity index (χ0) is 18.4. The highest BCUT2D eigenvalue weighted by Gasteiger charge is 2.12. The molecule has 0 saturated heterocycles. The highest BCUT2D eigenvalue weighted by Crippen LogP contribution is 2.22. The van der Waals surface area contributed by atoms with Gasteiger partial charge in [-0.15, -0.1) is 0 Å². The van der Waals surface area contributed by atoms with E-state index < -0.39 is 6.10 Å². The fraction of sp³-hybridized carbons (Fsp3) is 0.300. The van der Waals surface area contributed by atoms with Gasteiger partial charge in [-0.05, 0) is 37.6 Å². The number of imidazole rings is 1. The molecule has 3 rings (SSSR count). The maximum atomic E-state index is 9.72. The Bertz CT molecular complexity index is 898. The molecule has 0 spiro atoms. The Hall–Kier alpha value is -2.88. The van der Waals surface area contributed by atoms with Crippen LogP contribution in [0.1, 0.15) is 43.0 Å². The fourth-order valence-corrected chi connectivity index (χ4v) is 2.57. The third kappa shape index (κ3) is 4.39. The summed E-state index contributed by atoms with van der Waals surface area (Å²) in [4.78, 5) is 4.15. The van der Waals surface area contributed by atoms with E-state index in [4.69, 9.17) is 9.63 Å². The van der Waals surface area contributed by atoms with Crippen molar-refractivity contribution in [2.45, 2.75) is 32.4 Å². The summed E-state index contributed by atoms with van der Waals surface area (Å²) in [6.07, 6.45) is 4.21. The third-order valence-corrected chi connectivity index (χ3v) is 3.87. The van der Waals surface area contributed by atoms with Crippen molar-refractivity contribution in [3.05, 3.63) is 59.8 Å². The quantitative estimate of drug-likeness (QED) is 0.527. The smallest absolute Gasteiger partial charge is 0.167 e. The summed E-state index contributed by atoms with van der Waals surface area (Å²) < 4.78 is 7.29. The summed E-state index contributed by atoms with van der Waals surface area (Å²) in [6, 6.07) is 9.64. The van der Waals surface area contributed by atoms with Gasteiger partial charge in [0.25, 0.3) is 0 Å². The molecule has 26 heavy (non-hydrogen) atoms. The molecule has 0 amide bonds. The van der Waals surface area contributed by atoms with E-state index >= 15 is 0 Å². The lowest BCUT2D eigenvalue weighted by atomic mass is 10.1. The van der Waals surface area contributed by atoms with Gasteiger partial charge < -0.3 is 19.3 Å². The first kappa shape index (κ1) is 17.9. The first-order valence-electron chi connectivity index (χ1n) is 8.52. The van der Waals surface area contributed by atoms with Gasteiger partial charge in [0, 0.05) is 42.6 Å². The summed E-state index contributed by atoms with van der Waals surface area (Å²) in [7, 11) is 0. The van der Waals surface area contributed by atoms with Crippen LogP contribution in [-0.4, -0.2) is 31.5 Å². The molecule has 0 unspecified atom stereocenters. The van der Waals surface area contributed by atoms with Crippen LogP contribution in [0.15, 0.2) is 47.2 Å². The van der Waals surface area contributed by atoms with Gasteiger partial charge in [-0.2, -0.15) is 0 Å². The molecule has 6 heteroatoms. The SMILES string of the molecule is C[C@H](O)c1nccn1Cc1cc(-c2ccc(C#CCCCO)cc2)on1. The third-order valence-electron chi connectivity index (χ3n) is 3.87. The van der Waals surface area contributed by atoms with E-state index in [9.17, 15) is 5.11 Å². The second-order valence-electron chi connectivity index (χ2n) is 5.98. The van der Waals surface area contributed by atoms with E-state index in [-0.39, 0.29) is 6.61 Å². The van der Waals surface area contributed by atoms with Crippen molar-refractivity contribution in [3.63, 3.8) is 0 Å². The lowest BCUT2D eigenvalue weighted by Gasteiger charge is -2.07. The van der Waals surface area contributed by atoms with Crippen molar-refractivity contribution < 1.29 is 14.7 Å². The van der Waals surface area contributed by atoms with Gasteiger partial charge in [0.15, 0.2) is 5.76 Å². The van der Waals surface area contributed by atoms with E-state index in [1.807, 2.05) is 34.9 Å². The van der Waals surface area contributed by atoms with Gasteiger partial charge in [0.2, 0.25) is 0 Å². The van der Waals surface area contributed by atoms with E-state index in [1.165, 1.54) is 0 Å². The predicted molar refractivity (Wildman–Crippen MR) is 97.1 cm³/mol. The lowest BCUT2D eigenvalue weighted by molar-refractivity contribution is 0.184. The van der Waals surface area contributed by atoms with Crippen molar-refractivity contribution in [2.75, 3.05) is 6.61 Å². The molecule has 2 aromatic heterocycles. The Balaban J connectivity index is 1.69. The van der Waals surface area contributed by atoms with Crippen LogP contribution in [0, 0.1) is 11.8 Å². The van der Waals surface area contributed by atoms with Gasteiger partial charge in [-0.1, -0.05) is 17.0 Å². The number of aliphatic hydroxyl groups excluding tert-OH is 2. The maximum absolute atomic E-state index is 9.72. The molecule has 0 aliphatic rings. The number of aliphatic hydroxyl groups is 2. The molecule has 0 bridgehead atoms. The van der Waals surface area contributed by atoms with Crippen molar-refractivity contribution in [1.82, 2.24) is 14.7 Å².